The first-order valence-electron chi connectivity index (χ1n) is 7.84. The van der Waals surface area contributed by atoms with Crippen LogP contribution >= 0.6 is 11.6 Å². The molecule has 0 radical (unpaired) electrons. The van der Waals surface area contributed by atoms with Crippen LogP contribution < -0.4 is 5.32 Å². The van der Waals surface area contributed by atoms with Gasteiger partial charge in [-0.25, -0.2) is 4.98 Å². The van der Waals surface area contributed by atoms with E-state index in [1.54, 1.807) is 36.1 Å². The highest BCUT2D eigenvalue weighted by molar-refractivity contribution is 6.30. The minimum atomic E-state index is -0.277. The molecule has 2 aromatic rings. The van der Waals surface area contributed by atoms with Gasteiger partial charge in [0.25, 0.3) is 11.8 Å². The Labute approximate surface area is 144 Å². The summed E-state index contributed by atoms with van der Waals surface area (Å²) in [6, 6.07) is 6.66. The lowest BCUT2D eigenvalue weighted by Crippen LogP contribution is -2.28. The fourth-order valence-electron chi connectivity index (χ4n) is 2.68. The van der Waals surface area contributed by atoms with E-state index in [2.05, 4.69) is 10.3 Å². The van der Waals surface area contributed by atoms with Crippen LogP contribution in [0, 0.1) is 6.92 Å². The van der Waals surface area contributed by atoms with E-state index in [0.29, 0.717) is 27.9 Å². The molecule has 0 unspecified atom stereocenters. The van der Waals surface area contributed by atoms with Crippen molar-refractivity contribution in [1.29, 1.82) is 0 Å². The normalized spacial score (nSPS) is 14.0. The molecule has 3 rings (SSSR count). The molecule has 1 N–H and O–H groups in total. The smallest absolute Gasteiger partial charge is 0.276 e. The number of oxazole rings is 1. The van der Waals surface area contributed by atoms with Crippen molar-refractivity contribution in [2.75, 3.05) is 13.1 Å². The molecule has 1 aromatic carbocycles. The van der Waals surface area contributed by atoms with Crippen LogP contribution in [-0.4, -0.2) is 34.8 Å². The van der Waals surface area contributed by atoms with E-state index in [0.717, 1.165) is 25.9 Å². The number of rotatable bonds is 4. The highest BCUT2D eigenvalue weighted by Gasteiger charge is 2.25. The number of hydrogen-bond donors (Lipinski definition) is 1. The van der Waals surface area contributed by atoms with Gasteiger partial charge in [0.2, 0.25) is 5.89 Å². The average molecular weight is 348 g/mol. The lowest BCUT2D eigenvalue weighted by Gasteiger charge is -2.13. The maximum absolute atomic E-state index is 12.4. The summed E-state index contributed by atoms with van der Waals surface area (Å²) < 4.78 is 5.51. The molecule has 2 heterocycles. The number of nitrogens with zero attached hydrogens (tertiary/aromatic N) is 2. The number of nitrogens with one attached hydrogen (secondary N) is 1. The molecule has 2 amide bonds. The maximum Gasteiger partial charge on any atom is 0.276 e. The van der Waals surface area contributed by atoms with Crippen molar-refractivity contribution in [3.63, 3.8) is 0 Å². The summed E-state index contributed by atoms with van der Waals surface area (Å²) in [6.07, 6.45) is 2.04. The second kappa shape index (κ2) is 7.05. The van der Waals surface area contributed by atoms with E-state index >= 15 is 0 Å². The van der Waals surface area contributed by atoms with Crippen molar-refractivity contribution >= 4 is 23.4 Å². The minimum absolute atomic E-state index is 0.110. The number of likely N-dealkylation sites (tertiary alicyclic amines) is 1. The molecule has 1 aromatic heterocycles. The largest absolute Gasteiger partial charge is 0.443 e. The summed E-state index contributed by atoms with van der Waals surface area (Å²) in [5, 5.41) is 3.21. The first-order valence-corrected chi connectivity index (χ1v) is 8.22. The summed E-state index contributed by atoms with van der Waals surface area (Å²) in [4.78, 5) is 30.5. The van der Waals surface area contributed by atoms with E-state index in [-0.39, 0.29) is 18.4 Å². The molecular formula is C17H18ClN3O3. The predicted molar refractivity (Wildman–Crippen MR) is 89.0 cm³/mol. The van der Waals surface area contributed by atoms with Crippen LogP contribution in [0.25, 0.3) is 0 Å². The van der Waals surface area contributed by atoms with E-state index in [1.807, 2.05) is 0 Å². The molecule has 1 aliphatic heterocycles. The van der Waals surface area contributed by atoms with E-state index in [1.165, 1.54) is 0 Å². The molecule has 0 spiro atoms. The van der Waals surface area contributed by atoms with Gasteiger partial charge in [0, 0.05) is 23.7 Å². The van der Waals surface area contributed by atoms with Gasteiger partial charge in [0.15, 0.2) is 5.69 Å². The van der Waals surface area contributed by atoms with Gasteiger partial charge in [-0.3, -0.25) is 9.59 Å². The molecule has 126 valence electrons. The topological polar surface area (TPSA) is 75.4 Å². The summed E-state index contributed by atoms with van der Waals surface area (Å²) in [7, 11) is 0. The van der Waals surface area contributed by atoms with Gasteiger partial charge >= 0.3 is 0 Å². The molecule has 1 saturated heterocycles. The molecular weight excluding hydrogens is 330 g/mol. The summed E-state index contributed by atoms with van der Waals surface area (Å²) in [6.45, 7) is 3.33. The van der Waals surface area contributed by atoms with E-state index in [4.69, 9.17) is 16.0 Å². The highest BCUT2D eigenvalue weighted by atomic mass is 35.5. The molecule has 1 fully saturated rings. The first-order chi connectivity index (χ1) is 11.5. The van der Waals surface area contributed by atoms with Gasteiger partial charge < -0.3 is 14.6 Å². The predicted octanol–water partition coefficient (Wildman–Crippen LogP) is 2.80. The van der Waals surface area contributed by atoms with Crippen LogP contribution in [0.1, 0.15) is 45.3 Å². The molecule has 0 aliphatic carbocycles. The zero-order valence-corrected chi connectivity index (χ0v) is 14.1. The van der Waals surface area contributed by atoms with Crippen LogP contribution in [0.2, 0.25) is 5.02 Å². The Kier molecular flexibility index (Phi) is 4.85. The van der Waals surface area contributed by atoms with Gasteiger partial charge in [-0.2, -0.15) is 0 Å². The third kappa shape index (κ3) is 3.59. The van der Waals surface area contributed by atoms with Crippen LogP contribution in [0.4, 0.5) is 0 Å². The molecule has 0 atom stereocenters. The third-order valence-electron chi connectivity index (χ3n) is 3.92. The lowest BCUT2D eigenvalue weighted by molar-refractivity contribution is 0.0785. The molecule has 6 nitrogen and oxygen atoms in total. The fourth-order valence-corrected chi connectivity index (χ4v) is 2.87. The Bertz CT molecular complexity index is 766. The Hall–Kier alpha value is -2.34. The lowest BCUT2D eigenvalue weighted by atomic mass is 10.2. The van der Waals surface area contributed by atoms with Crippen molar-refractivity contribution in [2.45, 2.75) is 26.3 Å². The van der Waals surface area contributed by atoms with E-state index in [9.17, 15) is 9.59 Å². The first kappa shape index (κ1) is 16.5. The third-order valence-corrected chi connectivity index (χ3v) is 4.16. The maximum atomic E-state index is 12.4. The number of aromatic nitrogens is 1. The number of carbonyl (C=O) groups is 2. The Balaban J connectivity index is 1.65. The number of benzene rings is 1. The second-order valence-corrected chi connectivity index (χ2v) is 6.14. The van der Waals surface area contributed by atoms with E-state index < -0.39 is 0 Å². The minimum Gasteiger partial charge on any atom is -0.443 e. The molecule has 1 aliphatic rings. The number of aryl methyl sites for hydroxylation is 1. The molecule has 0 bridgehead atoms. The SMILES string of the molecule is Cc1oc(CNC(=O)c2cccc(Cl)c2)nc1C(=O)N1CCCC1. The van der Waals surface area contributed by atoms with Crippen LogP contribution in [0.3, 0.4) is 0 Å². The van der Waals surface area contributed by atoms with Crippen molar-refractivity contribution in [1.82, 2.24) is 15.2 Å². The quantitative estimate of drug-likeness (QED) is 0.922. The fraction of sp³-hybridized carbons (Fsp3) is 0.353. The van der Waals surface area contributed by atoms with Gasteiger partial charge in [-0.1, -0.05) is 17.7 Å². The van der Waals surface area contributed by atoms with Gasteiger partial charge in [0.05, 0.1) is 6.54 Å². The van der Waals surface area contributed by atoms with Crippen molar-refractivity contribution in [3.8, 4) is 0 Å². The van der Waals surface area contributed by atoms with Crippen LogP contribution in [-0.2, 0) is 6.54 Å². The van der Waals surface area contributed by atoms with Crippen LogP contribution in [0.5, 0.6) is 0 Å². The Morgan fingerprint density at radius 3 is 2.79 bits per heavy atom. The number of amides is 2. The zero-order valence-electron chi connectivity index (χ0n) is 13.3. The second-order valence-electron chi connectivity index (χ2n) is 5.70. The van der Waals surface area contributed by atoms with Crippen molar-refractivity contribution < 1.29 is 14.0 Å². The Morgan fingerprint density at radius 2 is 2.08 bits per heavy atom. The summed E-state index contributed by atoms with van der Waals surface area (Å²) >= 11 is 5.87. The van der Waals surface area contributed by atoms with Crippen LogP contribution in [0.15, 0.2) is 28.7 Å². The number of halogens is 1. The van der Waals surface area contributed by atoms with Gasteiger partial charge in [-0.05, 0) is 38.0 Å². The standard InChI is InChI=1S/C17H18ClN3O3/c1-11-15(17(23)21-7-2-3-8-21)20-14(24-11)10-19-16(22)12-5-4-6-13(18)9-12/h4-6,9H,2-3,7-8,10H2,1H3,(H,19,22). The average Bonchev–Trinajstić information content (AvgIpc) is 3.21. The summed E-state index contributed by atoms with van der Waals surface area (Å²) in [5.41, 5.74) is 0.781. The molecule has 7 heteroatoms. The molecule has 24 heavy (non-hydrogen) atoms. The monoisotopic (exact) mass is 347 g/mol. The summed E-state index contributed by atoms with van der Waals surface area (Å²) in [5.74, 6) is 0.395. The number of hydrogen-bond acceptors (Lipinski definition) is 4. The number of carbonyl (C=O) groups excluding carboxylic acids is 2. The van der Waals surface area contributed by atoms with Crippen molar-refractivity contribution in [2.24, 2.45) is 0 Å². The highest BCUT2D eigenvalue weighted by Crippen LogP contribution is 2.17. The zero-order chi connectivity index (χ0) is 17.1. The van der Waals surface area contributed by atoms with Crippen molar-refractivity contribution in [3.05, 3.63) is 52.2 Å². The van der Waals surface area contributed by atoms with Gasteiger partial charge in [-0.15, -0.1) is 0 Å². The Morgan fingerprint density at radius 1 is 1.33 bits per heavy atom. The van der Waals surface area contributed by atoms with Gasteiger partial charge in [0.1, 0.15) is 5.76 Å². The molecule has 0 saturated carbocycles.